The predicted octanol–water partition coefficient (Wildman–Crippen LogP) is 8.14. The molecule has 86 heavy (non-hydrogen) atoms. The first-order valence-electron chi connectivity index (χ1n) is 28.8. The van der Waals surface area contributed by atoms with Gasteiger partial charge in [-0.3, -0.25) is 28.8 Å². The number of thiazole rings is 1. The minimum absolute atomic E-state index is 0.00849. The maximum absolute atomic E-state index is 14.1. The summed E-state index contributed by atoms with van der Waals surface area (Å²) >= 11 is 1.57. The molecule has 4 atom stereocenters. The van der Waals surface area contributed by atoms with Crippen LogP contribution in [-0.4, -0.2) is 154 Å². The van der Waals surface area contributed by atoms with Crippen molar-refractivity contribution in [2.75, 3.05) is 82.7 Å². The van der Waals surface area contributed by atoms with E-state index in [9.17, 15) is 37.5 Å². The fourth-order valence-electron chi connectivity index (χ4n) is 9.98. The molecule has 462 valence electrons. The Kier molecular flexibility index (Phi) is 22.7. The fourth-order valence-corrected chi connectivity index (χ4v) is 10.8. The van der Waals surface area contributed by atoms with E-state index in [1.807, 2.05) is 83.6 Å². The number of nitrogens with one attached hydrogen (secondary N) is 3. The summed E-state index contributed by atoms with van der Waals surface area (Å²) in [5.41, 5.74) is 6.71. The van der Waals surface area contributed by atoms with Crippen molar-refractivity contribution in [1.82, 2.24) is 45.5 Å². The Hall–Kier alpha value is -7.42. The van der Waals surface area contributed by atoms with Gasteiger partial charge in [-0.25, -0.2) is 9.97 Å². The number of ether oxygens (including phenoxy) is 5. The molecule has 2 aliphatic rings. The molecule has 21 nitrogen and oxygen atoms in total. The number of unbranched alkanes of at least 4 members (excludes halogenated alkanes) is 2. The summed E-state index contributed by atoms with van der Waals surface area (Å²) < 4.78 is 70.5. The van der Waals surface area contributed by atoms with E-state index >= 15 is 0 Å². The number of likely N-dealkylation sites (tertiary alicyclic amines) is 1. The van der Waals surface area contributed by atoms with Crippen molar-refractivity contribution in [2.45, 2.75) is 117 Å². The number of anilines is 2. The van der Waals surface area contributed by atoms with Gasteiger partial charge in [0.05, 0.1) is 105 Å². The van der Waals surface area contributed by atoms with Crippen LogP contribution in [0, 0.1) is 19.3 Å². The number of β-amino-alcohol motifs (C(OH)–C–C–N with tert-alkyl or cyclic N) is 1. The van der Waals surface area contributed by atoms with E-state index < -0.39 is 47.2 Å². The number of carbonyl (C=O) groups excluding carboxylic acids is 4. The molecule has 0 saturated carbocycles. The maximum Gasteiger partial charge on any atom is 0.416 e. The summed E-state index contributed by atoms with van der Waals surface area (Å²) in [7, 11) is 0. The van der Waals surface area contributed by atoms with Crippen LogP contribution < -0.4 is 25.6 Å². The van der Waals surface area contributed by atoms with Gasteiger partial charge in [-0.1, -0.05) is 62.7 Å². The number of carbonyl (C=O) groups is 4. The summed E-state index contributed by atoms with van der Waals surface area (Å²) in [5.74, 6) is -1.34. The Morgan fingerprint density at radius 2 is 1.57 bits per heavy atom. The summed E-state index contributed by atoms with van der Waals surface area (Å²) in [6.07, 6.45) is 1.82. The first kappa shape index (κ1) is 64.6. The first-order valence-corrected chi connectivity index (χ1v) is 29.7. The van der Waals surface area contributed by atoms with E-state index in [0.29, 0.717) is 99.8 Å². The van der Waals surface area contributed by atoms with Crippen LogP contribution >= 0.6 is 11.3 Å². The van der Waals surface area contributed by atoms with Crippen LogP contribution in [-0.2, 0) is 52.7 Å². The second kappa shape index (κ2) is 30.3. The van der Waals surface area contributed by atoms with Crippen molar-refractivity contribution in [3.05, 3.63) is 119 Å². The highest BCUT2D eigenvalue weighted by atomic mass is 32.1. The number of benzene rings is 2. The highest BCUT2D eigenvalue weighted by molar-refractivity contribution is 7.13. The highest BCUT2D eigenvalue weighted by Gasteiger charge is 2.45. The van der Waals surface area contributed by atoms with Crippen molar-refractivity contribution in [2.24, 2.45) is 5.41 Å². The van der Waals surface area contributed by atoms with Crippen molar-refractivity contribution in [1.29, 1.82) is 0 Å². The lowest BCUT2D eigenvalue weighted by atomic mass is 9.85. The third-order valence-corrected chi connectivity index (χ3v) is 15.7. The second-order valence-electron chi connectivity index (χ2n) is 22.3. The average Bonchev–Trinajstić information content (AvgIpc) is 2.50. The van der Waals surface area contributed by atoms with E-state index in [1.54, 1.807) is 28.3 Å². The Morgan fingerprint density at radius 1 is 0.837 bits per heavy atom. The number of aryl methyl sites for hydroxylation is 3. The third kappa shape index (κ3) is 18.1. The zero-order valence-corrected chi connectivity index (χ0v) is 50.2. The quantitative estimate of drug-likeness (QED) is 0.0339. The molecular formula is C61H76F3N11O10S. The minimum Gasteiger partial charge on any atom is -0.474 e. The van der Waals surface area contributed by atoms with Crippen molar-refractivity contribution >= 4 is 46.3 Å². The van der Waals surface area contributed by atoms with Gasteiger partial charge in [0.15, 0.2) is 0 Å². The molecule has 8 rings (SSSR count). The average molecular weight is 1210 g/mol. The summed E-state index contributed by atoms with van der Waals surface area (Å²) in [6, 6.07) is 13.6. The predicted molar refractivity (Wildman–Crippen MR) is 316 cm³/mol. The number of morpholine rings is 1. The molecule has 2 aromatic carbocycles. The lowest BCUT2D eigenvalue weighted by molar-refractivity contribution is -0.144. The number of pyridine rings is 2. The lowest BCUT2D eigenvalue weighted by Crippen LogP contribution is -2.57. The molecule has 6 heterocycles. The third-order valence-electron chi connectivity index (χ3n) is 14.7. The number of aliphatic hydroxyl groups is 1. The topological polar surface area (TPSA) is 247 Å². The molecule has 1 unspecified atom stereocenters. The van der Waals surface area contributed by atoms with Gasteiger partial charge in [-0.15, -0.1) is 16.4 Å². The van der Waals surface area contributed by atoms with Gasteiger partial charge < -0.3 is 54.5 Å². The number of alkyl halides is 3. The van der Waals surface area contributed by atoms with E-state index in [4.69, 9.17) is 23.7 Å². The Labute approximate surface area is 502 Å². The number of rotatable bonds is 28. The standard InChI is InChI=1S/C61H76F3N11O10S/c1-39(42-14-16-43(17-15-42)54-41(3)67-38-86-54)68-57(79)51-32-49(76)36-75(51)59(80)55(60(4,5)6)70-53(77)13-8-7-9-18-74-35-48(71-72-74)37-84-26-25-82-23-24-83-27-28-85-58-52(73-19-21-81-22-20-73)30-45(33-66-58)50-31-47(34-65-40(50)2)69-56(78)44-11-10-12-46(29-44)61(62,63)64/h10-12,14-17,29-31,33-35,38-39,49,51,55,76H,7-9,13,18-28,32,36-37H2,1-6H3,(H,68,79)(H,69,78)(H,70,77)/t39-,49+,51?,55-/m0/s1. The zero-order chi connectivity index (χ0) is 61.4. The molecule has 4 aromatic heterocycles. The maximum atomic E-state index is 14.1. The summed E-state index contributed by atoms with van der Waals surface area (Å²) in [4.78, 5) is 72.1. The van der Waals surface area contributed by atoms with E-state index in [-0.39, 0.29) is 62.6 Å². The van der Waals surface area contributed by atoms with Crippen molar-refractivity contribution < 1.29 is 61.1 Å². The molecule has 0 radical (unpaired) electrons. The highest BCUT2D eigenvalue weighted by Crippen LogP contribution is 2.35. The van der Waals surface area contributed by atoms with Gasteiger partial charge in [0, 0.05) is 67.6 Å². The largest absolute Gasteiger partial charge is 0.474 e. The Bertz CT molecular complexity index is 3220. The molecule has 25 heteroatoms. The molecule has 0 aliphatic carbocycles. The van der Waals surface area contributed by atoms with Crippen LogP contribution in [0.3, 0.4) is 0 Å². The monoisotopic (exact) mass is 1210 g/mol. The van der Waals surface area contributed by atoms with Gasteiger partial charge >= 0.3 is 6.18 Å². The minimum atomic E-state index is -4.59. The summed E-state index contributed by atoms with van der Waals surface area (Å²) in [6.45, 7) is 16.2. The molecule has 4 N–H and O–H groups in total. The first-order chi connectivity index (χ1) is 41.2. The fraction of sp³-hybridized carbons (Fsp3) is 0.492. The van der Waals surface area contributed by atoms with Gasteiger partial charge in [-0.05, 0) is 80.5 Å². The SMILES string of the molecule is Cc1ncc(NC(=O)c2cccc(C(F)(F)F)c2)cc1-c1cnc(OCCOCCOCCOCc2cn(CCCCCC(=O)N[C@@H](C(=O)N3C[C@H](O)CC3C(=O)N[C@@H](C)c3ccc(-c4scnc4C)cc3)C(C)(C)C)nn2)c(N2CCOCC2)c1. The van der Waals surface area contributed by atoms with E-state index in [0.717, 1.165) is 52.4 Å². The van der Waals surface area contributed by atoms with Crippen LogP contribution in [0.15, 0.2) is 84.8 Å². The molecule has 4 amide bonds. The van der Waals surface area contributed by atoms with Crippen LogP contribution in [0.2, 0.25) is 0 Å². The van der Waals surface area contributed by atoms with Gasteiger partial charge in [-0.2, -0.15) is 13.2 Å². The van der Waals surface area contributed by atoms with Gasteiger partial charge in [0.2, 0.25) is 23.6 Å². The lowest BCUT2D eigenvalue weighted by Gasteiger charge is -2.35. The molecule has 6 aromatic rings. The number of amides is 4. The number of hydrogen-bond donors (Lipinski definition) is 4. The van der Waals surface area contributed by atoms with Gasteiger partial charge in [0.1, 0.15) is 30.1 Å². The molecule has 0 spiro atoms. The van der Waals surface area contributed by atoms with Crippen LogP contribution in [0.25, 0.3) is 21.6 Å². The number of halogens is 3. The molecular weight excluding hydrogens is 1140 g/mol. The number of nitrogens with zero attached hydrogens (tertiary/aromatic N) is 8. The van der Waals surface area contributed by atoms with Crippen LogP contribution in [0.4, 0.5) is 24.5 Å². The number of hydrogen-bond acceptors (Lipinski definition) is 17. The van der Waals surface area contributed by atoms with Crippen molar-refractivity contribution in [3.8, 4) is 27.4 Å². The van der Waals surface area contributed by atoms with Crippen LogP contribution in [0.5, 0.6) is 5.88 Å². The Morgan fingerprint density at radius 3 is 2.28 bits per heavy atom. The normalized spacial score (nSPS) is 16.2. The Balaban J connectivity index is 0.690. The van der Waals surface area contributed by atoms with Crippen molar-refractivity contribution in [3.63, 3.8) is 0 Å². The zero-order valence-electron chi connectivity index (χ0n) is 49.4. The molecule has 2 fully saturated rings. The smallest absolute Gasteiger partial charge is 0.416 e. The number of aromatic nitrogens is 6. The van der Waals surface area contributed by atoms with Crippen LogP contribution in [0.1, 0.15) is 104 Å². The second-order valence-corrected chi connectivity index (χ2v) is 23.2. The molecule has 2 saturated heterocycles. The molecule has 2 aliphatic heterocycles. The van der Waals surface area contributed by atoms with E-state index in [1.165, 1.54) is 23.2 Å². The summed E-state index contributed by atoms with van der Waals surface area (Å²) in [5, 5.41) is 27.7. The van der Waals surface area contributed by atoms with Gasteiger partial charge in [0.25, 0.3) is 5.91 Å². The van der Waals surface area contributed by atoms with E-state index in [2.05, 4.69) is 46.1 Å². The molecule has 0 bridgehead atoms. The number of aliphatic hydroxyl groups excluding tert-OH is 1.